The Balaban J connectivity index is 2.41. The van der Waals surface area contributed by atoms with Gasteiger partial charge in [-0.25, -0.2) is 0 Å². The quantitative estimate of drug-likeness (QED) is 0.669. The smallest absolute Gasteiger partial charge is 0.269 e. The Morgan fingerprint density at radius 1 is 1.31 bits per heavy atom. The summed E-state index contributed by atoms with van der Waals surface area (Å²) in [5.74, 6) is 0. The highest BCUT2D eigenvalue weighted by Gasteiger charge is 2.10. The third kappa shape index (κ3) is 1.67. The molecule has 0 spiro atoms. The number of benzene rings is 1. The Labute approximate surface area is 81.7 Å². The second kappa shape index (κ2) is 3.14. The molecule has 0 unspecified atom stereocenters. The summed E-state index contributed by atoms with van der Waals surface area (Å²) in [6, 6.07) is 7.17. The van der Waals surface area contributed by atoms with Crippen molar-refractivity contribution in [1.29, 1.82) is 0 Å². The second-order valence-corrected chi connectivity index (χ2v) is 3.22. The molecule has 0 bridgehead atoms. The van der Waals surface area contributed by atoms with Crippen molar-refractivity contribution >= 4 is 15.9 Å². The molecule has 0 aliphatic heterocycles. The monoisotopic (exact) mass is 241 g/mol. The first-order valence-electron chi connectivity index (χ1n) is 3.45. The minimum absolute atomic E-state index is 0.675. The number of nitrogens with zero attached hydrogens (tertiary/aromatic N) is 3. The van der Waals surface area contributed by atoms with Gasteiger partial charge >= 0.3 is 0 Å². The molecule has 0 saturated carbocycles. The highest BCUT2D eigenvalue weighted by molar-refractivity contribution is 9.10. The molecule has 13 heavy (non-hydrogen) atoms. The largest absolute Gasteiger partial charge is 0.523 e. The van der Waals surface area contributed by atoms with Crippen LogP contribution in [0.3, 0.4) is 0 Å². The molecule has 5 nitrogen and oxygen atoms in total. The van der Waals surface area contributed by atoms with E-state index < -0.39 is 6.08 Å². The van der Waals surface area contributed by atoms with E-state index in [4.69, 9.17) is 0 Å². The first kappa shape index (κ1) is 8.18. The number of halogens is 1. The lowest BCUT2D eigenvalue weighted by atomic mass is 10.3. The topological polar surface area (TPSA) is 65.9 Å². The molecule has 0 atom stereocenters. The molecule has 2 aromatic rings. The number of rotatable bonds is 1. The van der Waals surface area contributed by atoms with E-state index in [0.29, 0.717) is 5.69 Å². The lowest BCUT2D eigenvalue weighted by molar-refractivity contribution is -0.726. The molecule has 0 N–H and O–H groups in total. The molecule has 0 amide bonds. The molecular weight excluding hydrogens is 238 g/mol. The summed E-state index contributed by atoms with van der Waals surface area (Å²) >= 11 is 3.29. The standard InChI is InChI=1S/C7H4BrN3O2/c8-5-1-3-6(4-2-5)11-9-7(12)13-10-11/h1-4H. The molecule has 6 heteroatoms. The van der Waals surface area contributed by atoms with E-state index in [1.165, 1.54) is 0 Å². The maximum atomic E-state index is 10.6. The molecule has 0 saturated heterocycles. The van der Waals surface area contributed by atoms with Crippen LogP contribution >= 0.6 is 15.9 Å². The molecule has 0 aliphatic carbocycles. The van der Waals surface area contributed by atoms with Crippen LogP contribution in [0.25, 0.3) is 5.69 Å². The number of hydrogen-bond donors (Lipinski definition) is 0. The van der Waals surface area contributed by atoms with Crippen molar-refractivity contribution in [3.8, 4) is 11.8 Å². The Morgan fingerprint density at radius 3 is 2.54 bits per heavy atom. The lowest BCUT2D eigenvalue weighted by Gasteiger charge is -1.86. The van der Waals surface area contributed by atoms with Gasteiger partial charge in [0, 0.05) is 16.6 Å². The molecule has 66 valence electrons. The van der Waals surface area contributed by atoms with E-state index in [-0.39, 0.29) is 0 Å². The minimum Gasteiger partial charge on any atom is -0.523 e. The SMILES string of the molecule is [O-]c1n[n+](-c2ccc(Br)cc2)no1. The van der Waals surface area contributed by atoms with Crippen molar-refractivity contribution in [2.75, 3.05) is 0 Å². The molecule has 1 aromatic carbocycles. The predicted octanol–water partition coefficient (Wildman–Crippen LogP) is 0.182. The van der Waals surface area contributed by atoms with Crippen molar-refractivity contribution < 1.29 is 14.4 Å². The summed E-state index contributed by atoms with van der Waals surface area (Å²) in [6.07, 6.45) is -0.706. The van der Waals surface area contributed by atoms with Gasteiger partial charge in [-0.15, -0.1) is 0 Å². The summed E-state index contributed by atoms with van der Waals surface area (Å²) in [7, 11) is 0. The molecular formula is C7H4BrN3O2. The average molecular weight is 242 g/mol. The van der Waals surface area contributed by atoms with Gasteiger partial charge in [-0.2, -0.15) is 0 Å². The van der Waals surface area contributed by atoms with Gasteiger partial charge in [-0.05, 0) is 12.1 Å². The van der Waals surface area contributed by atoms with Crippen LogP contribution in [-0.2, 0) is 0 Å². The third-order valence-corrected chi connectivity index (χ3v) is 1.96. The van der Waals surface area contributed by atoms with Gasteiger partial charge < -0.3 is 9.63 Å². The minimum atomic E-state index is -0.706. The zero-order valence-electron chi connectivity index (χ0n) is 6.35. The average Bonchev–Trinajstić information content (AvgIpc) is 2.53. The van der Waals surface area contributed by atoms with E-state index in [0.717, 1.165) is 9.27 Å². The van der Waals surface area contributed by atoms with Crippen LogP contribution < -0.4 is 9.90 Å². The highest BCUT2D eigenvalue weighted by atomic mass is 79.9. The Hall–Kier alpha value is -1.43. The van der Waals surface area contributed by atoms with Crippen LogP contribution in [-0.4, -0.2) is 10.4 Å². The first-order chi connectivity index (χ1) is 6.25. The maximum absolute atomic E-state index is 10.6. The highest BCUT2D eigenvalue weighted by Crippen LogP contribution is 2.09. The van der Waals surface area contributed by atoms with Crippen LogP contribution in [0.2, 0.25) is 0 Å². The van der Waals surface area contributed by atoms with Crippen molar-refractivity contribution in [2.45, 2.75) is 0 Å². The summed E-state index contributed by atoms with van der Waals surface area (Å²) < 4.78 is 5.23. The second-order valence-electron chi connectivity index (χ2n) is 2.30. The molecule has 0 radical (unpaired) electrons. The van der Waals surface area contributed by atoms with Crippen molar-refractivity contribution in [3.05, 3.63) is 28.7 Å². The van der Waals surface area contributed by atoms with Gasteiger partial charge in [0.15, 0.2) is 0 Å². The molecule has 2 rings (SSSR count). The van der Waals surface area contributed by atoms with E-state index in [9.17, 15) is 5.11 Å². The fourth-order valence-electron chi connectivity index (χ4n) is 0.867. The van der Waals surface area contributed by atoms with Crippen LogP contribution in [0, 0.1) is 0 Å². The molecule has 0 fully saturated rings. The summed E-state index contributed by atoms with van der Waals surface area (Å²) in [4.78, 5) is 1.13. The number of aromatic nitrogens is 3. The van der Waals surface area contributed by atoms with Crippen molar-refractivity contribution in [3.63, 3.8) is 0 Å². The van der Waals surface area contributed by atoms with Gasteiger partial charge in [0.25, 0.3) is 5.69 Å². The third-order valence-electron chi connectivity index (χ3n) is 1.43. The Morgan fingerprint density at radius 2 is 2.00 bits per heavy atom. The summed E-state index contributed by atoms with van der Waals surface area (Å²) in [5.41, 5.74) is 0.675. The van der Waals surface area contributed by atoms with Gasteiger partial charge in [-0.1, -0.05) is 15.9 Å². The Kier molecular flexibility index (Phi) is 1.97. The fraction of sp³-hybridized carbons (Fsp3) is 0. The summed E-state index contributed by atoms with van der Waals surface area (Å²) in [6.45, 7) is 0. The van der Waals surface area contributed by atoms with Crippen LogP contribution in [0.1, 0.15) is 0 Å². The molecule has 1 heterocycles. The van der Waals surface area contributed by atoms with Crippen molar-refractivity contribution in [2.24, 2.45) is 0 Å². The maximum Gasteiger partial charge on any atom is 0.269 e. The zero-order valence-corrected chi connectivity index (χ0v) is 7.93. The van der Waals surface area contributed by atoms with Gasteiger partial charge in [0.05, 0.1) is 9.90 Å². The fourth-order valence-corrected chi connectivity index (χ4v) is 1.13. The Bertz CT molecular complexity index is 412. The van der Waals surface area contributed by atoms with Gasteiger partial charge in [0.1, 0.15) is 5.27 Å². The molecule has 1 aromatic heterocycles. The van der Waals surface area contributed by atoms with Crippen LogP contribution in [0.15, 0.2) is 33.3 Å². The van der Waals surface area contributed by atoms with E-state index in [1.54, 1.807) is 12.1 Å². The van der Waals surface area contributed by atoms with Crippen LogP contribution in [0.5, 0.6) is 6.08 Å². The normalized spacial score (nSPS) is 10.2. The zero-order chi connectivity index (χ0) is 9.26. The number of hydrogen-bond acceptors (Lipinski definition) is 4. The lowest BCUT2D eigenvalue weighted by Crippen LogP contribution is -2.35. The van der Waals surface area contributed by atoms with E-state index in [2.05, 4.69) is 30.8 Å². The van der Waals surface area contributed by atoms with E-state index in [1.807, 2.05) is 12.1 Å². The van der Waals surface area contributed by atoms with Gasteiger partial charge in [0.2, 0.25) is 6.08 Å². The summed E-state index contributed by atoms with van der Waals surface area (Å²) in [5, 5.41) is 17.5. The van der Waals surface area contributed by atoms with Gasteiger partial charge in [-0.3, -0.25) is 0 Å². The first-order valence-corrected chi connectivity index (χ1v) is 4.24. The van der Waals surface area contributed by atoms with Crippen molar-refractivity contribution in [1.82, 2.24) is 10.4 Å². The molecule has 0 aliphatic rings. The predicted molar refractivity (Wildman–Crippen MR) is 43.0 cm³/mol. The van der Waals surface area contributed by atoms with Crippen LogP contribution in [0.4, 0.5) is 0 Å². The van der Waals surface area contributed by atoms with E-state index >= 15 is 0 Å².